The first-order valence-corrected chi connectivity index (χ1v) is 10.6. The first kappa shape index (κ1) is 21.6. The van der Waals surface area contributed by atoms with E-state index < -0.39 is 58.3 Å². The smallest absolute Gasteiger partial charge is 0.367 e. The molecular formula is C10H20FNO10P2. The molecular weight excluding hydrogens is 375 g/mol. The van der Waals surface area contributed by atoms with E-state index in [0.717, 1.165) is 13.6 Å². The molecule has 1 fully saturated rings. The molecule has 0 radical (unpaired) electrons. The van der Waals surface area contributed by atoms with Crippen LogP contribution in [0, 0.1) is 0 Å². The van der Waals surface area contributed by atoms with Gasteiger partial charge in [-0.1, -0.05) is 0 Å². The molecule has 0 aromatic heterocycles. The van der Waals surface area contributed by atoms with Crippen LogP contribution >= 0.6 is 15.2 Å². The van der Waals surface area contributed by atoms with E-state index in [1.54, 1.807) is 0 Å². The highest BCUT2D eigenvalue weighted by atomic mass is 31.3. The summed E-state index contributed by atoms with van der Waals surface area (Å²) in [5, 5.41) is 31.2. The molecule has 0 saturated carbocycles. The van der Waals surface area contributed by atoms with Crippen molar-refractivity contribution >= 4 is 21.1 Å². The molecule has 1 aliphatic rings. The molecule has 1 amide bonds. The van der Waals surface area contributed by atoms with E-state index in [9.17, 15) is 28.7 Å². The summed E-state index contributed by atoms with van der Waals surface area (Å²) in [4.78, 5) is 11.2. The van der Waals surface area contributed by atoms with Crippen LogP contribution in [0.25, 0.3) is 0 Å². The molecule has 142 valence electrons. The van der Waals surface area contributed by atoms with Gasteiger partial charge in [-0.05, 0) is 4.53 Å². The first-order chi connectivity index (χ1) is 10.9. The summed E-state index contributed by atoms with van der Waals surface area (Å²) in [7, 11) is -8.56. The van der Waals surface area contributed by atoms with Crippen LogP contribution in [0.5, 0.6) is 0 Å². The van der Waals surface area contributed by atoms with Crippen LogP contribution < -0.4 is 5.32 Å². The minimum atomic E-state index is -4.32. The van der Waals surface area contributed by atoms with E-state index >= 15 is 0 Å². The lowest BCUT2D eigenvalue weighted by molar-refractivity contribution is -0.245. The second-order valence-corrected chi connectivity index (χ2v) is 9.32. The van der Waals surface area contributed by atoms with Crippen molar-refractivity contribution in [3.63, 3.8) is 0 Å². The van der Waals surface area contributed by atoms with Crippen LogP contribution in [0.2, 0.25) is 0 Å². The van der Waals surface area contributed by atoms with Gasteiger partial charge in [-0.2, -0.15) is 0 Å². The fourth-order valence-corrected chi connectivity index (χ4v) is 5.02. The zero-order chi connectivity index (χ0) is 18.7. The average Bonchev–Trinajstić information content (AvgIpc) is 2.45. The lowest BCUT2D eigenvalue weighted by atomic mass is 9.97. The van der Waals surface area contributed by atoms with E-state index in [1.807, 2.05) is 0 Å². The van der Waals surface area contributed by atoms with Gasteiger partial charge in [0.25, 0.3) is 0 Å². The topological polar surface area (TPSA) is 161 Å². The number of nitrogens with one attached hydrogen (secondary N) is 1. The Balaban J connectivity index is 3.00. The van der Waals surface area contributed by atoms with Gasteiger partial charge in [-0.25, -0.2) is 4.31 Å². The number of halogens is 1. The summed E-state index contributed by atoms with van der Waals surface area (Å²) in [5.74, 6) is -0.633. The van der Waals surface area contributed by atoms with E-state index in [4.69, 9.17) is 14.4 Å². The number of hydrogen-bond acceptors (Lipinski definition) is 10. The van der Waals surface area contributed by atoms with Crippen LogP contribution in [0.1, 0.15) is 6.92 Å². The minimum Gasteiger partial charge on any atom is -0.394 e. The highest BCUT2D eigenvalue weighted by molar-refractivity contribution is 7.66. The Morgan fingerprint density at radius 2 is 1.83 bits per heavy atom. The van der Waals surface area contributed by atoms with Gasteiger partial charge in [-0.15, -0.1) is 4.73 Å². The maximum absolute atomic E-state index is 12.2. The maximum atomic E-state index is 12.2. The predicted molar refractivity (Wildman–Crippen MR) is 76.8 cm³/mol. The van der Waals surface area contributed by atoms with Gasteiger partial charge in [-0.3, -0.25) is 18.4 Å². The molecule has 4 unspecified atom stereocenters. The van der Waals surface area contributed by atoms with Crippen molar-refractivity contribution in [3.05, 3.63) is 0 Å². The molecule has 7 atom stereocenters. The fourth-order valence-electron chi connectivity index (χ4n) is 2.05. The van der Waals surface area contributed by atoms with Crippen molar-refractivity contribution in [1.29, 1.82) is 0 Å². The molecule has 1 rings (SSSR count). The Bertz CT molecular complexity index is 548. The van der Waals surface area contributed by atoms with Gasteiger partial charge < -0.3 is 25.4 Å². The number of rotatable bonds is 7. The third-order valence-electron chi connectivity index (χ3n) is 2.97. The molecule has 11 nitrogen and oxygen atoms in total. The number of amides is 1. The Morgan fingerprint density at radius 1 is 1.25 bits per heavy atom. The second kappa shape index (κ2) is 8.31. The van der Waals surface area contributed by atoms with Crippen LogP contribution in [-0.4, -0.2) is 71.8 Å². The normalized spacial score (nSPS) is 35.7. The SMILES string of the molecule is CC(=O)NC1[C@@H](OP(C)(=O)OP(C)(=O)OF)OC(CO)[C@@H](O)[C@@H]1O. The highest BCUT2D eigenvalue weighted by Gasteiger charge is 2.48. The Kier molecular flexibility index (Phi) is 7.48. The number of carbonyl (C=O) groups excluding carboxylic acids is 1. The summed E-state index contributed by atoms with van der Waals surface area (Å²) >= 11 is 0. The Morgan fingerprint density at radius 3 is 2.29 bits per heavy atom. The van der Waals surface area contributed by atoms with Crippen LogP contribution in [0.15, 0.2) is 0 Å². The fraction of sp³-hybridized carbons (Fsp3) is 0.900. The number of hydrogen-bond donors (Lipinski definition) is 4. The van der Waals surface area contributed by atoms with Crippen LogP contribution in [0.3, 0.4) is 0 Å². The number of aliphatic hydroxyl groups is 3. The zero-order valence-corrected chi connectivity index (χ0v) is 14.9. The monoisotopic (exact) mass is 395 g/mol. The van der Waals surface area contributed by atoms with Crippen molar-refractivity contribution in [2.24, 2.45) is 0 Å². The molecule has 1 aliphatic heterocycles. The van der Waals surface area contributed by atoms with Crippen molar-refractivity contribution in [2.45, 2.75) is 37.6 Å². The summed E-state index contributed by atoms with van der Waals surface area (Å²) in [6.07, 6.45) is -6.19. The molecule has 0 spiro atoms. The second-order valence-electron chi connectivity index (χ2n) is 5.23. The zero-order valence-electron chi connectivity index (χ0n) is 13.1. The van der Waals surface area contributed by atoms with Crippen molar-refractivity contribution < 1.29 is 52.1 Å². The molecule has 1 saturated heterocycles. The predicted octanol–water partition coefficient (Wildman–Crippen LogP) is -0.490. The van der Waals surface area contributed by atoms with Gasteiger partial charge in [0.2, 0.25) is 5.91 Å². The number of carbonyl (C=O) groups is 1. The molecule has 0 aliphatic carbocycles. The number of aliphatic hydroxyl groups excluding tert-OH is 3. The van der Waals surface area contributed by atoms with E-state index in [1.165, 1.54) is 0 Å². The van der Waals surface area contributed by atoms with Gasteiger partial charge in [0.05, 0.1) is 6.61 Å². The average molecular weight is 395 g/mol. The third-order valence-corrected chi connectivity index (χ3v) is 6.18. The van der Waals surface area contributed by atoms with Crippen LogP contribution in [0.4, 0.5) is 4.53 Å². The molecule has 0 aromatic rings. The summed E-state index contributed by atoms with van der Waals surface area (Å²) < 4.78 is 53.4. The molecule has 14 heteroatoms. The summed E-state index contributed by atoms with van der Waals surface area (Å²) in [6, 6.07) is -1.39. The van der Waals surface area contributed by atoms with Gasteiger partial charge in [0, 0.05) is 20.3 Å². The molecule has 0 aromatic carbocycles. The van der Waals surface area contributed by atoms with E-state index in [2.05, 4.69) is 14.4 Å². The lowest BCUT2D eigenvalue weighted by Crippen LogP contribution is -2.64. The minimum absolute atomic E-state index is 0.633. The molecule has 4 N–H and O–H groups in total. The highest BCUT2D eigenvalue weighted by Crippen LogP contribution is 2.62. The van der Waals surface area contributed by atoms with E-state index in [0.29, 0.717) is 6.66 Å². The first-order valence-electron chi connectivity index (χ1n) is 6.67. The van der Waals surface area contributed by atoms with Crippen molar-refractivity contribution in [3.8, 4) is 0 Å². The third kappa shape index (κ3) is 5.83. The standard InChI is InChI=1S/C10H20FNO10P2/c1-5(14)12-7-9(16)8(15)6(4-13)19-10(7)20-23(2,17)22-24(3,18)21-11/h6-10,13,15-16H,4H2,1-3H3,(H,12,14)/t6?,7?,8-,9-,10-,23?,24?/m1/s1. The van der Waals surface area contributed by atoms with Crippen molar-refractivity contribution in [1.82, 2.24) is 5.32 Å². The van der Waals surface area contributed by atoms with Gasteiger partial charge in [0.1, 0.15) is 24.4 Å². The maximum Gasteiger partial charge on any atom is 0.367 e. The Hall–Kier alpha value is -0.420. The van der Waals surface area contributed by atoms with Crippen LogP contribution in [-0.2, 0) is 32.2 Å². The van der Waals surface area contributed by atoms with E-state index in [-0.39, 0.29) is 0 Å². The number of ether oxygens (including phenoxy) is 1. The quantitative estimate of drug-likeness (QED) is 0.414. The van der Waals surface area contributed by atoms with Crippen molar-refractivity contribution in [2.75, 3.05) is 19.9 Å². The molecule has 1 heterocycles. The molecule has 0 bridgehead atoms. The lowest BCUT2D eigenvalue weighted by Gasteiger charge is -2.42. The largest absolute Gasteiger partial charge is 0.394 e. The van der Waals surface area contributed by atoms with Gasteiger partial charge in [0.15, 0.2) is 6.29 Å². The molecule has 24 heavy (non-hydrogen) atoms. The summed E-state index contributed by atoms with van der Waals surface area (Å²) in [5.41, 5.74) is 0. The Labute approximate surface area is 137 Å². The summed E-state index contributed by atoms with van der Waals surface area (Å²) in [6.45, 7) is 1.92. The van der Waals surface area contributed by atoms with Gasteiger partial charge >= 0.3 is 15.2 Å².